The van der Waals surface area contributed by atoms with Crippen molar-refractivity contribution < 1.29 is 23.5 Å². The van der Waals surface area contributed by atoms with Crippen molar-refractivity contribution in [2.75, 3.05) is 39.2 Å². The average Bonchev–Trinajstić information content (AvgIpc) is 3.42. The predicted molar refractivity (Wildman–Crippen MR) is 134 cm³/mol. The number of methoxy groups -OCH3 is 2. The van der Waals surface area contributed by atoms with Gasteiger partial charge in [0.1, 0.15) is 25.4 Å². The standard InChI is InChI=1S/C29H30N2O4/c1-4-18-15-31(16-24(33)19-9-10-25(34-2)26(13-19)35-3)12-11-29-22-7-5-6-8-23(22)30-28(29)21(17-32)20(18)14-27(29)31/h4-10,13,17,20,27H,11-12,14-16H2,1-3H3/p+1/b18-4-/t20-,27-,29+,31+/m0/s1. The number of carbonyl (C=O) groups excluding carboxylic acids is 2. The highest BCUT2D eigenvalue weighted by Crippen LogP contribution is 2.63. The number of ketones is 1. The summed E-state index contributed by atoms with van der Waals surface area (Å²) in [5.41, 5.74) is 6.03. The van der Waals surface area contributed by atoms with Crippen molar-refractivity contribution in [3.05, 3.63) is 76.5 Å². The van der Waals surface area contributed by atoms with Crippen molar-refractivity contribution in [1.82, 2.24) is 0 Å². The van der Waals surface area contributed by atoms with E-state index in [0.717, 1.165) is 53.7 Å². The van der Waals surface area contributed by atoms with Crippen LogP contribution in [0.2, 0.25) is 0 Å². The molecule has 180 valence electrons. The number of para-hydroxylation sites is 1. The van der Waals surface area contributed by atoms with Gasteiger partial charge >= 0.3 is 0 Å². The topological polar surface area (TPSA) is 64.6 Å². The van der Waals surface area contributed by atoms with Crippen LogP contribution in [0.15, 0.2) is 65.4 Å². The first kappa shape index (κ1) is 22.1. The number of Topliss-reactive ketones (excluding diaryl/α,β-unsaturated/α-hetero) is 1. The van der Waals surface area contributed by atoms with Gasteiger partial charge in [0.05, 0.1) is 26.2 Å². The van der Waals surface area contributed by atoms with E-state index in [9.17, 15) is 9.59 Å². The van der Waals surface area contributed by atoms with Crippen LogP contribution in [-0.2, 0) is 10.2 Å². The highest BCUT2D eigenvalue weighted by Gasteiger charge is 2.68. The first-order valence-corrected chi connectivity index (χ1v) is 12.3. The lowest BCUT2D eigenvalue weighted by Crippen LogP contribution is -2.64. The van der Waals surface area contributed by atoms with Crippen molar-refractivity contribution in [2.24, 2.45) is 5.92 Å². The van der Waals surface area contributed by atoms with Gasteiger partial charge in [-0.15, -0.1) is 0 Å². The van der Waals surface area contributed by atoms with Gasteiger partial charge in [-0.3, -0.25) is 9.59 Å². The van der Waals surface area contributed by atoms with Crippen LogP contribution in [0, 0.1) is 5.92 Å². The van der Waals surface area contributed by atoms with Crippen LogP contribution in [0.5, 0.6) is 11.5 Å². The van der Waals surface area contributed by atoms with Gasteiger partial charge in [0, 0.05) is 41.3 Å². The summed E-state index contributed by atoms with van der Waals surface area (Å²) in [6.07, 6.45) is 5.07. The molecule has 1 aliphatic carbocycles. The van der Waals surface area contributed by atoms with Crippen LogP contribution in [0.1, 0.15) is 35.7 Å². The summed E-state index contributed by atoms with van der Waals surface area (Å²) < 4.78 is 11.6. The molecule has 0 radical (unpaired) electrons. The second-order valence-corrected chi connectivity index (χ2v) is 10.3. The van der Waals surface area contributed by atoms with E-state index in [2.05, 4.69) is 36.5 Å². The summed E-state index contributed by atoms with van der Waals surface area (Å²) in [6.45, 7) is 4.20. The normalized spacial score (nSPS) is 31.0. The Bertz CT molecular complexity index is 1310. The fourth-order valence-electron chi connectivity index (χ4n) is 7.52. The number of hydrogen-bond acceptors (Lipinski definition) is 5. The van der Waals surface area contributed by atoms with E-state index in [0.29, 0.717) is 23.6 Å². The number of aldehydes is 1. The van der Waals surface area contributed by atoms with Crippen LogP contribution in [0.4, 0.5) is 5.69 Å². The first-order chi connectivity index (χ1) is 17.0. The van der Waals surface area contributed by atoms with E-state index in [4.69, 9.17) is 9.47 Å². The van der Waals surface area contributed by atoms with Gasteiger partial charge in [-0.1, -0.05) is 24.3 Å². The number of carbonyl (C=O) groups is 2. The van der Waals surface area contributed by atoms with Gasteiger partial charge in [0.15, 0.2) is 11.5 Å². The summed E-state index contributed by atoms with van der Waals surface area (Å²) >= 11 is 0. The second-order valence-electron chi connectivity index (χ2n) is 10.3. The van der Waals surface area contributed by atoms with Gasteiger partial charge in [0.25, 0.3) is 0 Å². The third kappa shape index (κ3) is 2.86. The zero-order valence-corrected chi connectivity index (χ0v) is 20.5. The molecule has 0 saturated carbocycles. The number of benzene rings is 2. The average molecular weight is 472 g/mol. The van der Waals surface area contributed by atoms with Gasteiger partial charge in [-0.25, -0.2) is 0 Å². The molecule has 2 fully saturated rings. The minimum absolute atomic E-state index is 0.114. The molecule has 6 nitrogen and oxygen atoms in total. The Balaban J connectivity index is 1.46. The van der Waals surface area contributed by atoms with E-state index >= 15 is 0 Å². The van der Waals surface area contributed by atoms with Crippen molar-refractivity contribution >= 4 is 17.8 Å². The highest BCUT2D eigenvalue weighted by molar-refractivity contribution is 5.97. The molecule has 4 atom stereocenters. The number of quaternary nitrogens is 1. The molecule has 1 N–H and O–H groups in total. The molecule has 2 aromatic carbocycles. The maximum Gasteiger partial charge on any atom is 0.217 e. The van der Waals surface area contributed by atoms with Crippen LogP contribution in [0.25, 0.3) is 0 Å². The first-order valence-electron chi connectivity index (χ1n) is 12.3. The second kappa shape index (κ2) is 7.82. The molecule has 6 heteroatoms. The molecular weight excluding hydrogens is 440 g/mol. The summed E-state index contributed by atoms with van der Waals surface area (Å²) in [6, 6.07) is 14.1. The molecular formula is C29H31N2O4+. The Hall–Kier alpha value is -3.38. The number of nitrogens with one attached hydrogen (secondary N) is 1. The summed E-state index contributed by atoms with van der Waals surface area (Å²) in [7, 11) is 3.19. The molecule has 0 amide bonds. The molecule has 6 rings (SSSR count). The number of piperidine rings is 1. The Morgan fingerprint density at radius 3 is 2.71 bits per heavy atom. The molecule has 2 aromatic rings. The van der Waals surface area contributed by atoms with E-state index in [1.54, 1.807) is 26.4 Å². The third-order valence-corrected chi connectivity index (χ3v) is 9.02. The summed E-state index contributed by atoms with van der Waals surface area (Å²) in [5.74, 6) is 1.41. The molecule has 1 spiro atoms. The SMILES string of the molecule is C/C=C1/C[N@@+]2(CC(=O)c3ccc(OC)c(OC)c3)CC[C@]34C(=C(C=O)[C@H]1C[C@@H]32)Nc1ccccc14. The van der Waals surface area contributed by atoms with Crippen LogP contribution >= 0.6 is 0 Å². The lowest BCUT2D eigenvalue weighted by atomic mass is 9.61. The molecule has 35 heavy (non-hydrogen) atoms. The number of fused-ring (bicyclic) bond motifs is 2. The van der Waals surface area contributed by atoms with Crippen molar-refractivity contribution in [3.63, 3.8) is 0 Å². The molecule has 3 aliphatic heterocycles. The zero-order valence-electron chi connectivity index (χ0n) is 20.5. The van der Waals surface area contributed by atoms with Crippen molar-refractivity contribution in [3.8, 4) is 11.5 Å². The highest BCUT2D eigenvalue weighted by atomic mass is 16.5. The van der Waals surface area contributed by atoms with E-state index < -0.39 is 0 Å². The molecule has 0 unspecified atom stereocenters. The van der Waals surface area contributed by atoms with Gasteiger partial charge < -0.3 is 19.3 Å². The fraction of sp³-hybridized carbons (Fsp3) is 0.379. The molecule has 2 bridgehead atoms. The van der Waals surface area contributed by atoms with E-state index in [1.807, 2.05) is 12.1 Å². The van der Waals surface area contributed by atoms with Crippen LogP contribution in [0.3, 0.4) is 0 Å². The van der Waals surface area contributed by atoms with Gasteiger partial charge in [-0.2, -0.15) is 0 Å². The maximum absolute atomic E-state index is 13.8. The number of ether oxygens (including phenoxy) is 2. The van der Waals surface area contributed by atoms with Gasteiger partial charge in [-0.05, 0) is 42.3 Å². The van der Waals surface area contributed by atoms with Crippen molar-refractivity contribution in [2.45, 2.75) is 31.2 Å². The van der Waals surface area contributed by atoms with E-state index in [-0.39, 0.29) is 23.2 Å². The summed E-state index contributed by atoms with van der Waals surface area (Å²) in [4.78, 5) is 26.2. The molecule has 0 aromatic heterocycles. The maximum atomic E-state index is 13.8. The number of hydrogen-bond donors (Lipinski definition) is 1. The summed E-state index contributed by atoms with van der Waals surface area (Å²) in [5, 5.41) is 3.65. The van der Waals surface area contributed by atoms with E-state index in [1.165, 1.54) is 11.1 Å². The number of allylic oxidation sites excluding steroid dienone is 2. The Kier molecular flexibility index (Phi) is 4.94. The lowest BCUT2D eigenvalue weighted by Gasteiger charge is -2.53. The lowest BCUT2D eigenvalue weighted by molar-refractivity contribution is -0.934. The predicted octanol–water partition coefficient (Wildman–Crippen LogP) is 4.27. The Morgan fingerprint density at radius 1 is 1.17 bits per heavy atom. The van der Waals surface area contributed by atoms with Crippen LogP contribution < -0.4 is 14.8 Å². The number of nitrogens with zero attached hydrogens (tertiary/aromatic N) is 1. The quantitative estimate of drug-likeness (QED) is 0.295. The molecule has 2 saturated heterocycles. The van der Waals surface area contributed by atoms with Crippen molar-refractivity contribution in [1.29, 1.82) is 0 Å². The zero-order chi connectivity index (χ0) is 24.4. The molecule has 4 aliphatic rings. The van der Waals surface area contributed by atoms with Crippen LogP contribution in [-0.4, -0.2) is 56.4 Å². The van der Waals surface area contributed by atoms with Gasteiger partial charge in [0.2, 0.25) is 5.78 Å². The minimum Gasteiger partial charge on any atom is -0.493 e. The number of anilines is 1. The minimum atomic E-state index is -0.236. The Morgan fingerprint density at radius 2 is 1.97 bits per heavy atom. The largest absolute Gasteiger partial charge is 0.493 e. The monoisotopic (exact) mass is 471 g/mol. The number of rotatable bonds is 6. The Labute approximate surface area is 205 Å². The third-order valence-electron chi connectivity index (χ3n) is 9.02. The smallest absolute Gasteiger partial charge is 0.217 e. The fourth-order valence-corrected chi connectivity index (χ4v) is 7.52. The molecule has 3 heterocycles.